The van der Waals surface area contributed by atoms with Crippen LogP contribution in [0.4, 0.5) is 0 Å². The fraction of sp³-hybridized carbons (Fsp3) is 0.699. The third kappa shape index (κ3) is 62.8. The monoisotopic (exact) mass is 1180 g/mol. The van der Waals surface area contributed by atoms with E-state index >= 15 is 0 Å². The summed E-state index contributed by atoms with van der Waals surface area (Å²) in [5, 5.41) is 3.04. The van der Waals surface area contributed by atoms with Crippen LogP contribution in [0.25, 0.3) is 0 Å². The van der Waals surface area contributed by atoms with Gasteiger partial charge in [0.15, 0.2) is 0 Å². The number of unbranched alkanes of at least 4 members (excludes halogenated alkanes) is 26. The Balaban J connectivity index is 5.24. The van der Waals surface area contributed by atoms with Crippen LogP contribution in [0, 0.1) is 0 Å². The van der Waals surface area contributed by atoms with Gasteiger partial charge >= 0.3 is 13.8 Å². The number of nitrogens with one attached hydrogen (secondary N) is 1. The van der Waals surface area contributed by atoms with Gasteiger partial charge < -0.3 is 19.4 Å². The van der Waals surface area contributed by atoms with Crippen molar-refractivity contribution in [1.82, 2.24) is 5.32 Å². The fourth-order valence-corrected chi connectivity index (χ4v) is 9.92. The number of carbonyl (C=O) groups excluding carboxylic acids is 2. The molecule has 2 N–H and O–H groups in total. The van der Waals surface area contributed by atoms with Crippen LogP contribution in [0.15, 0.2) is 122 Å². The fourth-order valence-electron chi connectivity index (χ4n) is 9.19. The lowest BCUT2D eigenvalue weighted by Gasteiger charge is -2.27. The predicted octanol–water partition coefficient (Wildman–Crippen LogP) is 21.4. The number of rotatable bonds is 60. The molecule has 1 amide bonds. The Hall–Kier alpha value is -3.59. The Morgan fingerprint density at radius 3 is 1.19 bits per heavy atom. The van der Waals surface area contributed by atoms with Crippen LogP contribution in [-0.2, 0) is 27.9 Å². The number of ether oxygens (including phenoxy) is 1. The third-order valence-electron chi connectivity index (χ3n) is 14.4. The van der Waals surface area contributed by atoms with Gasteiger partial charge in [-0.05, 0) is 122 Å². The van der Waals surface area contributed by atoms with Crippen LogP contribution in [-0.4, -0.2) is 74.3 Å². The molecule has 3 unspecified atom stereocenters. The SMILES string of the molecule is CC/C=C\C/C=C\C/C=C\C/C=C\C/C=C\CCCCCCCCCCCC(=O)OC(/C=C\CCCCCCCCCCCCC)C(COP(=O)(O)OCC[N+](C)(C)C)NC(=O)CCCCC/C=C\C/C=C\C/C=C\C/C=C\CCCCC. The van der Waals surface area contributed by atoms with E-state index in [1.807, 2.05) is 33.3 Å². The van der Waals surface area contributed by atoms with Crippen molar-refractivity contribution in [1.29, 1.82) is 0 Å². The largest absolute Gasteiger partial charge is 0.472 e. The van der Waals surface area contributed by atoms with E-state index in [4.69, 9.17) is 13.8 Å². The van der Waals surface area contributed by atoms with Crippen molar-refractivity contribution in [3.63, 3.8) is 0 Å². The number of hydrogen-bond donors (Lipinski definition) is 2. The molecule has 0 aromatic rings. The third-order valence-corrected chi connectivity index (χ3v) is 15.4. The smallest absolute Gasteiger partial charge is 0.456 e. The first-order chi connectivity index (χ1) is 40.4. The number of quaternary nitrogens is 1. The maximum atomic E-state index is 13.6. The van der Waals surface area contributed by atoms with Crippen molar-refractivity contribution in [3.8, 4) is 0 Å². The molecule has 0 radical (unpaired) electrons. The summed E-state index contributed by atoms with van der Waals surface area (Å²) in [6, 6.07) is -0.877. The molecule has 0 aliphatic carbocycles. The van der Waals surface area contributed by atoms with Gasteiger partial charge in [0.2, 0.25) is 5.91 Å². The molecule has 0 aromatic heterocycles. The van der Waals surface area contributed by atoms with Crippen LogP contribution in [0.5, 0.6) is 0 Å². The molecule has 83 heavy (non-hydrogen) atoms. The zero-order valence-corrected chi connectivity index (χ0v) is 55.3. The molecule has 0 bridgehead atoms. The Bertz CT molecular complexity index is 1830. The number of hydrogen-bond acceptors (Lipinski definition) is 6. The normalized spacial score (nSPS) is 14.3. The minimum absolute atomic E-state index is 0.0269. The quantitative estimate of drug-likeness (QED) is 0.0205. The lowest BCUT2D eigenvalue weighted by molar-refractivity contribution is -0.870. The zero-order valence-electron chi connectivity index (χ0n) is 54.4. The number of nitrogens with zero attached hydrogens (tertiary/aromatic N) is 1. The molecule has 476 valence electrons. The van der Waals surface area contributed by atoms with Gasteiger partial charge in [-0.2, -0.15) is 0 Å². The number of likely N-dealkylation sites (N-methyl/N-ethyl adjacent to an activating group) is 1. The van der Waals surface area contributed by atoms with Crippen molar-refractivity contribution >= 4 is 19.7 Å². The van der Waals surface area contributed by atoms with E-state index in [0.717, 1.165) is 122 Å². The molecule has 0 saturated carbocycles. The first-order valence-electron chi connectivity index (χ1n) is 33.9. The van der Waals surface area contributed by atoms with Gasteiger partial charge in [-0.3, -0.25) is 18.6 Å². The molecular formula is C73H128N2O7P+. The highest BCUT2D eigenvalue weighted by atomic mass is 31.2. The number of amides is 1. The number of carbonyl (C=O) groups is 2. The van der Waals surface area contributed by atoms with Crippen LogP contribution >= 0.6 is 7.82 Å². The summed E-state index contributed by atoms with van der Waals surface area (Å²) in [5.74, 6) is -0.551. The van der Waals surface area contributed by atoms with Gasteiger partial charge in [0.25, 0.3) is 0 Å². The van der Waals surface area contributed by atoms with Crippen LogP contribution in [0.1, 0.15) is 278 Å². The van der Waals surface area contributed by atoms with Gasteiger partial charge in [0.1, 0.15) is 19.3 Å². The van der Waals surface area contributed by atoms with Gasteiger partial charge in [-0.15, -0.1) is 0 Å². The van der Waals surface area contributed by atoms with E-state index in [1.54, 1.807) is 0 Å². The van der Waals surface area contributed by atoms with Crippen LogP contribution in [0.2, 0.25) is 0 Å². The molecule has 0 spiro atoms. The topological polar surface area (TPSA) is 111 Å². The average molecular weight is 1180 g/mol. The van der Waals surface area contributed by atoms with E-state index in [9.17, 15) is 19.0 Å². The maximum absolute atomic E-state index is 13.6. The number of allylic oxidation sites excluding steroid dienone is 19. The second kappa shape index (κ2) is 61.5. The Kier molecular flexibility index (Phi) is 58.8. The van der Waals surface area contributed by atoms with Crippen molar-refractivity contribution in [2.45, 2.75) is 290 Å². The second-order valence-electron chi connectivity index (χ2n) is 23.6. The molecular weight excluding hydrogens is 1050 g/mol. The number of phosphoric ester groups is 1. The van der Waals surface area contributed by atoms with Crippen molar-refractivity contribution in [3.05, 3.63) is 122 Å². The molecule has 0 rings (SSSR count). The van der Waals surface area contributed by atoms with E-state index < -0.39 is 20.0 Å². The summed E-state index contributed by atoms with van der Waals surface area (Å²) < 4.78 is 30.8. The van der Waals surface area contributed by atoms with Gasteiger partial charge in [-0.1, -0.05) is 265 Å². The Morgan fingerprint density at radius 1 is 0.434 bits per heavy atom. The molecule has 0 aromatic carbocycles. The molecule has 3 atom stereocenters. The molecule has 10 heteroatoms. The highest BCUT2D eigenvalue weighted by Gasteiger charge is 2.30. The zero-order chi connectivity index (χ0) is 60.7. The first kappa shape index (κ1) is 79.4. The standard InChI is InChI=1S/C73H127N2O7P/c1-7-10-13-16-19-22-25-28-30-32-34-35-36-37-38-39-41-43-45-48-51-54-57-60-63-66-73(77)82-71(64-61-58-55-52-49-46-27-24-21-18-15-12-9-3)70(69-81-83(78,79)80-68-67-75(4,5)6)74-72(76)65-62-59-56-53-50-47-44-42-40-33-31-29-26-23-20-17-14-11-8-2/h10,13,19-20,22-23,28-31,34-35,37-38,40,42,47,50,61,64,70-71H,7-9,11-12,14-18,21,24-27,32-33,36,39,41,43-46,48-49,51-60,62-63,65-69H2,1-6H3,(H-,74,76,78,79)/p+1/b13-10-,22-19-,23-20-,30-28-,31-29-,35-34-,38-37-,42-40-,50-47-,64-61-. The summed E-state index contributed by atoms with van der Waals surface area (Å²) in [6.45, 7) is 6.84. The average Bonchev–Trinajstić information content (AvgIpc) is 3.46. The molecule has 9 nitrogen and oxygen atoms in total. The summed E-state index contributed by atoms with van der Waals surface area (Å²) in [6.07, 6.45) is 86.3. The van der Waals surface area contributed by atoms with E-state index in [1.165, 1.54) is 116 Å². The molecule has 0 aliphatic heterocycles. The van der Waals surface area contributed by atoms with E-state index in [0.29, 0.717) is 17.4 Å². The first-order valence-corrected chi connectivity index (χ1v) is 35.4. The maximum Gasteiger partial charge on any atom is 0.472 e. The lowest BCUT2D eigenvalue weighted by atomic mass is 10.0. The number of esters is 1. The second-order valence-corrected chi connectivity index (χ2v) is 25.1. The number of phosphoric acid groups is 1. The van der Waals surface area contributed by atoms with Crippen molar-refractivity contribution < 1.29 is 37.3 Å². The summed E-state index contributed by atoms with van der Waals surface area (Å²) in [5.41, 5.74) is 0. The summed E-state index contributed by atoms with van der Waals surface area (Å²) in [7, 11) is 1.46. The highest BCUT2D eigenvalue weighted by Crippen LogP contribution is 2.43. The van der Waals surface area contributed by atoms with Crippen molar-refractivity contribution in [2.75, 3.05) is 40.9 Å². The van der Waals surface area contributed by atoms with Gasteiger partial charge in [0, 0.05) is 12.8 Å². The summed E-state index contributed by atoms with van der Waals surface area (Å²) >= 11 is 0. The van der Waals surface area contributed by atoms with Crippen LogP contribution < -0.4 is 5.32 Å². The Morgan fingerprint density at radius 2 is 0.771 bits per heavy atom. The molecule has 0 heterocycles. The molecule has 0 aliphatic rings. The van der Waals surface area contributed by atoms with E-state index in [2.05, 4.69) is 135 Å². The van der Waals surface area contributed by atoms with E-state index in [-0.39, 0.29) is 37.9 Å². The molecule has 0 fully saturated rings. The lowest BCUT2D eigenvalue weighted by Crippen LogP contribution is -2.47. The molecule has 0 saturated heterocycles. The minimum Gasteiger partial charge on any atom is -0.456 e. The van der Waals surface area contributed by atoms with Gasteiger partial charge in [-0.25, -0.2) is 4.57 Å². The van der Waals surface area contributed by atoms with Gasteiger partial charge in [0.05, 0.1) is 33.8 Å². The highest BCUT2D eigenvalue weighted by molar-refractivity contribution is 7.47. The Labute approximate surface area is 512 Å². The van der Waals surface area contributed by atoms with Crippen molar-refractivity contribution in [2.24, 2.45) is 0 Å². The van der Waals surface area contributed by atoms with Crippen LogP contribution in [0.3, 0.4) is 0 Å². The minimum atomic E-state index is -4.47. The predicted molar refractivity (Wildman–Crippen MR) is 360 cm³/mol. The summed E-state index contributed by atoms with van der Waals surface area (Å²) in [4.78, 5) is 37.9.